The van der Waals surface area contributed by atoms with Gasteiger partial charge >= 0.3 is 0 Å². The van der Waals surface area contributed by atoms with Gasteiger partial charge < -0.3 is 10.6 Å². The molecule has 1 saturated carbocycles. The van der Waals surface area contributed by atoms with Crippen LogP contribution >= 0.6 is 11.8 Å². The van der Waals surface area contributed by atoms with Crippen LogP contribution in [0.25, 0.3) is 0 Å². The van der Waals surface area contributed by atoms with Crippen molar-refractivity contribution < 1.29 is 0 Å². The van der Waals surface area contributed by atoms with E-state index >= 15 is 0 Å². The van der Waals surface area contributed by atoms with Gasteiger partial charge in [-0.25, -0.2) is 0 Å². The summed E-state index contributed by atoms with van der Waals surface area (Å²) in [6.07, 6.45) is 10.6. The first-order valence-corrected chi connectivity index (χ1v) is 9.20. The molecule has 2 N–H and O–H groups in total. The molecule has 20 heavy (non-hydrogen) atoms. The molecule has 3 rings (SSSR count). The van der Waals surface area contributed by atoms with Crippen LogP contribution in [0.5, 0.6) is 0 Å². The number of thioether (sulfide) groups is 1. The predicted molar refractivity (Wildman–Crippen MR) is 88.4 cm³/mol. The van der Waals surface area contributed by atoms with Gasteiger partial charge in [-0.1, -0.05) is 18.9 Å². The molecule has 110 valence electrons. The molecular formula is C17H26N2S. The maximum atomic E-state index is 6.06. The Hall–Kier alpha value is -0.670. The molecule has 2 fully saturated rings. The van der Waals surface area contributed by atoms with Gasteiger partial charge in [-0.05, 0) is 50.0 Å². The van der Waals surface area contributed by atoms with Crippen LogP contribution in [0, 0.1) is 5.92 Å². The molecule has 3 heteroatoms. The van der Waals surface area contributed by atoms with Gasteiger partial charge in [-0.2, -0.15) is 0 Å². The SMILES string of the molecule is CSc1cccc(N2CCC[C@H]3CCCC[C@H]32)c1CN. The summed E-state index contributed by atoms with van der Waals surface area (Å²) in [6, 6.07) is 7.46. The lowest BCUT2D eigenvalue weighted by Gasteiger charge is -2.46. The van der Waals surface area contributed by atoms with Gasteiger partial charge in [0.05, 0.1) is 0 Å². The molecule has 0 bridgehead atoms. The van der Waals surface area contributed by atoms with Gasteiger partial charge in [-0.3, -0.25) is 0 Å². The topological polar surface area (TPSA) is 29.3 Å². The minimum atomic E-state index is 0.653. The smallest absolute Gasteiger partial charge is 0.0425 e. The average Bonchev–Trinajstić information content (AvgIpc) is 2.53. The summed E-state index contributed by atoms with van der Waals surface area (Å²) in [6.45, 7) is 1.87. The van der Waals surface area contributed by atoms with Gasteiger partial charge in [0.1, 0.15) is 0 Å². The van der Waals surface area contributed by atoms with Crippen molar-refractivity contribution in [2.75, 3.05) is 17.7 Å². The van der Waals surface area contributed by atoms with Crippen LogP contribution < -0.4 is 10.6 Å². The fourth-order valence-corrected chi connectivity index (χ4v) is 4.79. The highest BCUT2D eigenvalue weighted by Gasteiger charge is 2.34. The standard InChI is InChI=1S/C17H26N2S/c1-20-17-10-4-9-16(14(17)12-18)19-11-5-7-13-6-2-3-8-15(13)19/h4,9-10,13,15H,2-3,5-8,11-12,18H2,1H3/t13-,15-/m1/s1. The molecule has 0 spiro atoms. The summed E-state index contributed by atoms with van der Waals surface area (Å²) >= 11 is 1.82. The Bertz CT molecular complexity index is 458. The van der Waals surface area contributed by atoms with E-state index in [0.717, 1.165) is 12.0 Å². The average molecular weight is 290 g/mol. The largest absolute Gasteiger partial charge is 0.368 e. The molecule has 1 aromatic rings. The Labute approximate surface area is 127 Å². The Morgan fingerprint density at radius 3 is 2.80 bits per heavy atom. The van der Waals surface area contributed by atoms with E-state index in [4.69, 9.17) is 5.73 Å². The Kier molecular flexibility index (Phi) is 4.57. The summed E-state index contributed by atoms with van der Waals surface area (Å²) in [7, 11) is 0. The Morgan fingerprint density at radius 2 is 2.00 bits per heavy atom. The van der Waals surface area contributed by atoms with E-state index in [1.165, 1.54) is 61.2 Å². The number of benzene rings is 1. The van der Waals surface area contributed by atoms with E-state index in [1.807, 2.05) is 11.8 Å². The Morgan fingerprint density at radius 1 is 1.20 bits per heavy atom. The van der Waals surface area contributed by atoms with Crippen molar-refractivity contribution in [1.82, 2.24) is 0 Å². The van der Waals surface area contributed by atoms with Gasteiger partial charge in [0.15, 0.2) is 0 Å². The van der Waals surface area contributed by atoms with E-state index in [0.29, 0.717) is 6.54 Å². The van der Waals surface area contributed by atoms with Crippen molar-refractivity contribution in [2.24, 2.45) is 11.7 Å². The summed E-state index contributed by atoms with van der Waals surface area (Å²) < 4.78 is 0. The summed E-state index contributed by atoms with van der Waals surface area (Å²) in [5.74, 6) is 0.918. The zero-order valence-electron chi connectivity index (χ0n) is 12.5. The first-order chi connectivity index (χ1) is 9.85. The second-order valence-corrected chi connectivity index (χ2v) is 6.96. The molecule has 0 amide bonds. The molecule has 1 saturated heterocycles. The molecule has 0 unspecified atom stereocenters. The molecule has 2 aliphatic rings. The van der Waals surface area contributed by atoms with E-state index in [1.54, 1.807) is 0 Å². The van der Waals surface area contributed by atoms with Crippen molar-refractivity contribution in [3.05, 3.63) is 23.8 Å². The van der Waals surface area contributed by atoms with Crippen LogP contribution in [0.2, 0.25) is 0 Å². The molecule has 0 radical (unpaired) electrons. The van der Waals surface area contributed by atoms with Crippen molar-refractivity contribution in [3.8, 4) is 0 Å². The van der Waals surface area contributed by atoms with Crippen molar-refractivity contribution >= 4 is 17.4 Å². The number of fused-ring (bicyclic) bond motifs is 1. The lowest BCUT2D eigenvalue weighted by molar-refractivity contribution is 0.243. The number of rotatable bonds is 3. The van der Waals surface area contributed by atoms with Crippen LogP contribution in [0.15, 0.2) is 23.1 Å². The number of anilines is 1. The van der Waals surface area contributed by atoms with Crippen LogP contribution in [0.4, 0.5) is 5.69 Å². The molecule has 1 aliphatic carbocycles. The molecule has 0 aromatic heterocycles. The minimum absolute atomic E-state index is 0.653. The lowest BCUT2D eigenvalue weighted by Crippen LogP contribution is -2.47. The van der Waals surface area contributed by atoms with Gasteiger partial charge in [0.2, 0.25) is 0 Å². The van der Waals surface area contributed by atoms with Crippen LogP contribution in [-0.4, -0.2) is 18.8 Å². The quantitative estimate of drug-likeness (QED) is 0.852. The molecule has 2 nitrogen and oxygen atoms in total. The zero-order valence-corrected chi connectivity index (χ0v) is 13.3. The predicted octanol–water partition coefficient (Wildman–Crippen LogP) is 4.03. The zero-order chi connectivity index (χ0) is 13.9. The number of hydrogen-bond donors (Lipinski definition) is 1. The summed E-state index contributed by atoms with van der Waals surface area (Å²) in [4.78, 5) is 4.04. The van der Waals surface area contributed by atoms with E-state index in [-0.39, 0.29) is 0 Å². The highest BCUT2D eigenvalue weighted by atomic mass is 32.2. The fraction of sp³-hybridized carbons (Fsp3) is 0.647. The second-order valence-electron chi connectivity index (χ2n) is 6.11. The van der Waals surface area contributed by atoms with E-state index < -0.39 is 0 Å². The van der Waals surface area contributed by atoms with Gasteiger partial charge in [-0.15, -0.1) is 11.8 Å². The number of piperidine rings is 1. The van der Waals surface area contributed by atoms with E-state index in [2.05, 4.69) is 29.4 Å². The molecule has 1 aromatic carbocycles. The third-order valence-electron chi connectivity index (χ3n) is 5.09. The molecule has 1 aliphatic heterocycles. The second kappa shape index (κ2) is 6.40. The Balaban J connectivity index is 1.94. The molecular weight excluding hydrogens is 264 g/mol. The van der Waals surface area contributed by atoms with Crippen LogP contribution in [-0.2, 0) is 6.54 Å². The molecule has 2 atom stereocenters. The van der Waals surface area contributed by atoms with Crippen molar-refractivity contribution in [1.29, 1.82) is 0 Å². The lowest BCUT2D eigenvalue weighted by atomic mass is 9.78. The van der Waals surface area contributed by atoms with Gasteiger partial charge in [0.25, 0.3) is 0 Å². The highest BCUT2D eigenvalue weighted by Crippen LogP contribution is 2.40. The van der Waals surface area contributed by atoms with Crippen LogP contribution in [0.1, 0.15) is 44.1 Å². The monoisotopic (exact) mass is 290 g/mol. The van der Waals surface area contributed by atoms with Gasteiger partial charge in [0, 0.05) is 35.3 Å². The maximum absolute atomic E-state index is 6.06. The van der Waals surface area contributed by atoms with Crippen molar-refractivity contribution in [3.63, 3.8) is 0 Å². The summed E-state index contributed by atoms with van der Waals surface area (Å²) in [5, 5.41) is 0. The number of nitrogens with zero attached hydrogens (tertiary/aromatic N) is 1. The number of nitrogens with two attached hydrogens (primary N) is 1. The van der Waals surface area contributed by atoms with Crippen molar-refractivity contribution in [2.45, 2.75) is 56.0 Å². The maximum Gasteiger partial charge on any atom is 0.0425 e. The molecule has 1 heterocycles. The first kappa shape index (κ1) is 14.3. The first-order valence-electron chi connectivity index (χ1n) is 7.97. The third kappa shape index (κ3) is 2.58. The third-order valence-corrected chi connectivity index (χ3v) is 5.91. The van der Waals surface area contributed by atoms with E-state index in [9.17, 15) is 0 Å². The normalized spacial score (nSPS) is 26.4. The van der Waals surface area contributed by atoms with Crippen LogP contribution in [0.3, 0.4) is 0 Å². The summed E-state index contributed by atoms with van der Waals surface area (Å²) in [5.41, 5.74) is 8.83. The fourth-order valence-electron chi connectivity index (χ4n) is 4.14. The number of hydrogen-bond acceptors (Lipinski definition) is 3. The minimum Gasteiger partial charge on any atom is -0.368 e. The highest BCUT2D eigenvalue weighted by molar-refractivity contribution is 7.98.